The van der Waals surface area contributed by atoms with Crippen LogP contribution in [0, 0.1) is 23.3 Å². The summed E-state index contributed by atoms with van der Waals surface area (Å²) in [6, 6.07) is 16.8. The lowest BCUT2D eigenvalue weighted by Crippen LogP contribution is -2.39. The smallest absolute Gasteiger partial charge is 0.444 e. The first-order valence-corrected chi connectivity index (χ1v) is 28.3. The number of hydrogen-bond acceptors (Lipinski definition) is 11. The first-order chi connectivity index (χ1) is 37.7. The third-order valence-corrected chi connectivity index (χ3v) is 14.1. The van der Waals surface area contributed by atoms with Gasteiger partial charge in [-0.2, -0.15) is 21.6 Å². The van der Waals surface area contributed by atoms with Gasteiger partial charge in [-0.05, 0) is 199 Å². The predicted molar refractivity (Wildman–Crippen MR) is 317 cm³/mol. The van der Waals surface area contributed by atoms with Crippen LogP contribution in [0.25, 0.3) is 11.1 Å². The highest BCUT2D eigenvalue weighted by molar-refractivity contribution is 7.87. The fourth-order valence-electron chi connectivity index (χ4n) is 7.84. The maximum absolute atomic E-state index is 13.3. The second kappa shape index (κ2) is 34.0. The highest BCUT2D eigenvalue weighted by Crippen LogP contribution is 2.33. The van der Waals surface area contributed by atoms with Crippen molar-refractivity contribution in [2.75, 3.05) is 52.4 Å². The zero-order valence-corrected chi connectivity index (χ0v) is 51.5. The van der Waals surface area contributed by atoms with Crippen molar-refractivity contribution in [2.45, 2.75) is 96.3 Å². The van der Waals surface area contributed by atoms with Crippen LogP contribution in [0.5, 0.6) is 0 Å². The molecule has 2 amide bonds. The van der Waals surface area contributed by atoms with Gasteiger partial charge in [-0.3, -0.25) is 0 Å². The molecule has 0 spiro atoms. The standard InChI is InChI=1S/C16H19ClFNO2.C11H13ClFN.C11H11ClFN.C11H16F3NO5S.C6H5BClFO2.2ClH/c1-16(2,3)21-15(20)19-8-6-11(7-9-19)13-10-12(18)4-5-14(13)17;2*12-11-2-1-9(13)7-10(11)8-3-5-14-6-4-8;1-10(2,3)19-9(16)15-6-4-8(5-7-15)20-21(17,18)11(12,13)14;8-6-2-1-4(9)3-5(6)7(10)11;;/h4-6,10H,7-9H2,1-3H3;1-2,7-8,14H,3-6H2;1-3,7,14H,4-6H2;4H,5-7H2,1-3H3;1-3,10-11H;2*1H. The summed E-state index contributed by atoms with van der Waals surface area (Å²) in [6.07, 6.45) is 7.58. The number of halogens is 13. The molecule has 0 aliphatic carbocycles. The van der Waals surface area contributed by atoms with Gasteiger partial charge < -0.3 is 44.1 Å². The SMILES string of the molecule is CC(C)(C)OC(=O)N1CC=C(OS(=O)(=O)C(F)(F)F)CC1.CC(C)(C)OC(=O)N1CC=C(c2cc(F)ccc2Cl)CC1.Cl.Cl.Fc1ccc(Cl)c(C2=CCNCC2)c1.Fc1ccc(Cl)c(C2CCNCC2)c1.OB(O)c1cc(F)ccc1Cl. The van der Waals surface area contributed by atoms with Crippen LogP contribution in [0.3, 0.4) is 0 Å². The zero-order valence-electron chi connectivity index (χ0n) is 46.0. The van der Waals surface area contributed by atoms with E-state index in [0.717, 1.165) is 85.9 Å². The van der Waals surface area contributed by atoms with E-state index < -0.39 is 45.9 Å². The number of rotatable bonds is 6. The van der Waals surface area contributed by atoms with E-state index in [1.165, 1.54) is 41.3 Å². The maximum atomic E-state index is 13.3. The molecule has 4 aromatic carbocycles. The first-order valence-electron chi connectivity index (χ1n) is 25.4. The molecule has 4 aromatic rings. The van der Waals surface area contributed by atoms with Crippen molar-refractivity contribution in [3.63, 3.8) is 0 Å². The molecule has 0 aromatic heterocycles. The number of amides is 2. The van der Waals surface area contributed by atoms with Gasteiger partial charge in [-0.15, -0.1) is 24.8 Å². The van der Waals surface area contributed by atoms with E-state index in [2.05, 4.69) is 20.9 Å². The second-order valence-electron chi connectivity index (χ2n) is 20.4. The minimum absolute atomic E-state index is 0. The lowest BCUT2D eigenvalue weighted by molar-refractivity contribution is -0.0525. The molecule has 8 rings (SSSR count). The van der Waals surface area contributed by atoms with Gasteiger partial charge in [0.1, 0.15) is 40.2 Å². The van der Waals surface area contributed by atoms with Crippen molar-refractivity contribution >= 4 is 117 Å². The van der Waals surface area contributed by atoms with Crippen molar-refractivity contribution in [1.82, 2.24) is 20.4 Å². The average Bonchev–Trinajstić information content (AvgIpc) is 3.51. The lowest BCUT2D eigenvalue weighted by Gasteiger charge is -2.29. The van der Waals surface area contributed by atoms with Crippen molar-refractivity contribution in [3.05, 3.63) is 157 Å². The maximum Gasteiger partial charge on any atom is 0.534 e. The highest BCUT2D eigenvalue weighted by Gasteiger charge is 2.49. The Hall–Kier alpha value is -4.46. The molecular formula is C55H66BCl6F7N4O9S. The summed E-state index contributed by atoms with van der Waals surface area (Å²) in [5.41, 5.74) is -2.12. The molecule has 0 saturated carbocycles. The van der Waals surface area contributed by atoms with Gasteiger partial charge in [-0.25, -0.2) is 27.2 Å². The van der Waals surface area contributed by atoms with Gasteiger partial charge in [0.15, 0.2) is 0 Å². The van der Waals surface area contributed by atoms with E-state index in [9.17, 15) is 48.7 Å². The van der Waals surface area contributed by atoms with Crippen LogP contribution in [0.2, 0.25) is 20.1 Å². The molecule has 4 aliphatic rings. The molecule has 1 fully saturated rings. The van der Waals surface area contributed by atoms with Crippen LogP contribution in [0.4, 0.5) is 40.3 Å². The fourth-order valence-corrected chi connectivity index (χ4v) is 9.33. The van der Waals surface area contributed by atoms with Crippen LogP contribution in [-0.4, -0.2) is 117 Å². The molecule has 1 saturated heterocycles. The average molecular weight is 1320 g/mol. The quantitative estimate of drug-likeness (QED) is 0.0628. The first kappa shape index (κ1) is 74.6. The number of benzene rings is 4. The van der Waals surface area contributed by atoms with Gasteiger partial charge in [-0.1, -0.05) is 58.6 Å². The van der Waals surface area contributed by atoms with Crippen LogP contribution < -0.4 is 16.1 Å². The molecule has 28 heteroatoms. The minimum atomic E-state index is -5.67. The van der Waals surface area contributed by atoms with E-state index in [1.54, 1.807) is 49.9 Å². The zero-order chi connectivity index (χ0) is 60.5. The molecule has 0 unspecified atom stereocenters. The number of nitrogens with zero attached hydrogens (tertiary/aromatic N) is 2. The summed E-state index contributed by atoms with van der Waals surface area (Å²) in [6.45, 7) is 15.2. The summed E-state index contributed by atoms with van der Waals surface area (Å²) >= 11 is 23.7. The van der Waals surface area contributed by atoms with E-state index in [-0.39, 0.29) is 84.1 Å². The summed E-state index contributed by atoms with van der Waals surface area (Å²) in [5.74, 6) is -1.21. The Balaban J connectivity index is 0.000000359. The van der Waals surface area contributed by atoms with Gasteiger partial charge in [0.2, 0.25) is 0 Å². The Bertz CT molecular complexity index is 3000. The van der Waals surface area contributed by atoms with Crippen LogP contribution >= 0.6 is 71.2 Å². The molecule has 460 valence electrons. The third-order valence-electron chi connectivity index (χ3n) is 11.8. The van der Waals surface area contributed by atoms with E-state index in [0.29, 0.717) is 46.1 Å². The lowest BCUT2D eigenvalue weighted by atomic mass is 9.80. The molecule has 4 heterocycles. The number of carbonyl (C=O) groups is 2. The fraction of sp³-hybridized carbons (Fsp3) is 0.418. The Morgan fingerprint density at radius 1 is 0.602 bits per heavy atom. The van der Waals surface area contributed by atoms with Crippen LogP contribution in [-0.2, 0) is 23.8 Å². The minimum Gasteiger partial charge on any atom is -0.444 e. The molecule has 83 heavy (non-hydrogen) atoms. The van der Waals surface area contributed by atoms with Gasteiger partial charge >= 0.3 is 34.9 Å². The van der Waals surface area contributed by atoms with Crippen molar-refractivity contribution in [2.24, 2.45) is 0 Å². The molecule has 0 atom stereocenters. The Kier molecular flexibility index (Phi) is 30.6. The molecule has 4 aliphatic heterocycles. The third kappa shape index (κ3) is 25.6. The largest absolute Gasteiger partial charge is 0.534 e. The molecule has 4 N–H and O–H groups in total. The van der Waals surface area contributed by atoms with Crippen molar-refractivity contribution in [1.29, 1.82) is 0 Å². The molecule has 0 bridgehead atoms. The molecule has 13 nitrogen and oxygen atoms in total. The summed E-state index contributed by atoms with van der Waals surface area (Å²) in [4.78, 5) is 26.5. The van der Waals surface area contributed by atoms with Gasteiger partial charge in [0.25, 0.3) is 0 Å². The van der Waals surface area contributed by atoms with E-state index in [1.807, 2.05) is 26.8 Å². The number of nitrogens with one attached hydrogen (secondary N) is 2. The monoisotopic (exact) mass is 1310 g/mol. The van der Waals surface area contributed by atoms with E-state index >= 15 is 0 Å². The second-order valence-corrected chi connectivity index (χ2v) is 23.6. The Labute approximate surface area is 512 Å². The van der Waals surface area contributed by atoms with Gasteiger partial charge in [0.05, 0.1) is 0 Å². The Morgan fingerprint density at radius 2 is 1.05 bits per heavy atom. The Morgan fingerprint density at radius 3 is 1.46 bits per heavy atom. The predicted octanol–water partition coefficient (Wildman–Crippen LogP) is 13.7. The summed E-state index contributed by atoms with van der Waals surface area (Å²) in [5, 5.41) is 25.7. The number of carbonyl (C=O) groups excluding carboxylic acids is 2. The topological polar surface area (TPSA) is 167 Å². The summed E-state index contributed by atoms with van der Waals surface area (Å²) < 4.78 is 124. The van der Waals surface area contributed by atoms with E-state index in [4.69, 9.17) is 65.9 Å². The number of hydrogen-bond donors (Lipinski definition) is 4. The highest BCUT2D eigenvalue weighted by atomic mass is 35.5. The summed E-state index contributed by atoms with van der Waals surface area (Å²) in [7, 11) is -7.39. The van der Waals surface area contributed by atoms with Crippen molar-refractivity contribution in [3.8, 4) is 0 Å². The van der Waals surface area contributed by atoms with Crippen LogP contribution in [0.1, 0.15) is 96.3 Å². The normalized spacial score (nSPS) is 15.5. The number of ether oxygens (including phenoxy) is 2. The molecule has 0 radical (unpaired) electrons. The van der Waals surface area contributed by atoms with Crippen LogP contribution in [0.15, 0.2) is 96.8 Å². The number of alkyl halides is 3. The van der Waals surface area contributed by atoms with Gasteiger partial charge in [0, 0.05) is 64.7 Å². The number of piperidine rings is 1. The van der Waals surface area contributed by atoms with Crippen molar-refractivity contribution < 1.29 is 72.4 Å². The molecular weight excluding hydrogens is 1250 g/mol.